The third-order valence-corrected chi connectivity index (χ3v) is 5.27. The zero-order chi connectivity index (χ0) is 18.1. The zero-order valence-electron chi connectivity index (χ0n) is 13.9. The van der Waals surface area contributed by atoms with Crippen molar-refractivity contribution in [3.05, 3.63) is 62.0 Å². The van der Waals surface area contributed by atoms with E-state index >= 15 is 0 Å². The molecule has 1 amide bonds. The summed E-state index contributed by atoms with van der Waals surface area (Å²) >= 11 is 1.15. The van der Waals surface area contributed by atoms with Crippen molar-refractivity contribution in [2.45, 2.75) is 26.8 Å². The molecule has 7 heteroatoms. The van der Waals surface area contributed by atoms with E-state index in [1.54, 1.807) is 29.7 Å². The average Bonchev–Trinajstić information content (AvgIpc) is 2.94. The topological polar surface area (TPSA) is 102 Å². The Hall–Kier alpha value is -2.98. The number of thiophene rings is 1. The number of nitrogens with two attached hydrogens (primary N) is 1. The lowest BCUT2D eigenvalue weighted by Gasteiger charge is -2.11. The molecule has 0 atom stereocenters. The molecule has 6 nitrogen and oxygen atoms in total. The number of rotatable bonds is 4. The van der Waals surface area contributed by atoms with Gasteiger partial charge in [0.1, 0.15) is 10.7 Å². The van der Waals surface area contributed by atoms with Crippen LogP contribution in [0.3, 0.4) is 0 Å². The van der Waals surface area contributed by atoms with Crippen molar-refractivity contribution < 1.29 is 4.79 Å². The summed E-state index contributed by atoms with van der Waals surface area (Å²) in [6.07, 6.45) is 0.575. The summed E-state index contributed by atoms with van der Waals surface area (Å²) in [5, 5.41) is 9.48. The van der Waals surface area contributed by atoms with Crippen molar-refractivity contribution in [1.82, 2.24) is 9.55 Å². The lowest BCUT2D eigenvalue weighted by atomic mass is 10.1. The lowest BCUT2D eigenvalue weighted by molar-refractivity contribution is 0.100. The van der Waals surface area contributed by atoms with E-state index in [-0.39, 0.29) is 5.56 Å². The smallest absolute Gasteiger partial charge is 0.262 e. The molecule has 0 saturated heterocycles. The van der Waals surface area contributed by atoms with Gasteiger partial charge in [-0.05, 0) is 30.2 Å². The fourth-order valence-electron chi connectivity index (χ4n) is 2.85. The predicted molar refractivity (Wildman–Crippen MR) is 96.8 cm³/mol. The fourth-order valence-corrected chi connectivity index (χ4v) is 3.89. The Balaban J connectivity index is 2.22. The van der Waals surface area contributed by atoms with Gasteiger partial charge in [-0.25, -0.2) is 4.98 Å². The fraction of sp³-hybridized carbons (Fsp3) is 0.222. The molecule has 3 rings (SSSR count). The van der Waals surface area contributed by atoms with Crippen molar-refractivity contribution in [3.8, 4) is 6.07 Å². The Morgan fingerprint density at radius 2 is 2.20 bits per heavy atom. The standard InChI is InChI=1S/C18H16N4O2S/c1-3-13-21-17-14(10(2)15(25-17)16(20)23)18(24)22(13)9-12-6-4-5-11(7-12)8-19/h4-7H,3,9H2,1-2H3,(H2,20,23). The number of hydrogen-bond donors (Lipinski definition) is 1. The number of hydrogen-bond acceptors (Lipinski definition) is 5. The van der Waals surface area contributed by atoms with Gasteiger partial charge in [-0.1, -0.05) is 19.1 Å². The highest BCUT2D eigenvalue weighted by Gasteiger charge is 2.19. The number of benzene rings is 1. The van der Waals surface area contributed by atoms with Gasteiger partial charge in [0.15, 0.2) is 0 Å². The van der Waals surface area contributed by atoms with Crippen LogP contribution in [-0.4, -0.2) is 15.5 Å². The first-order valence-corrected chi connectivity index (χ1v) is 8.59. The van der Waals surface area contributed by atoms with E-state index in [0.717, 1.165) is 16.9 Å². The summed E-state index contributed by atoms with van der Waals surface area (Å²) in [5.41, 5.74) is 7.17. The second-order valence-corrected chi connectivity index (χ2v) is 6.68. The van der Waals surface area contributed by atoms with E-state index in [9.17, 15) is 9.59 Å². The van der Waals surface area contributed by atoms with Crippen LogP contribution in [0.25, 0.3) is 10.2 Å². The van der Waals surface area contributed by atoms with Crippen LogP contribution in [0.4, 0.5) is 0 Å². The van der Waals surface area contributed by atoms with Crippen molar-refractivity contribution in [3.63, 3.8) is 0 Å². The first-order chi connectivity index (χ1) is 12.0. The molecule has 25 heavy (non-hydrogen) atoms. The number of nitrogens with zero attached hydrogens (tertiary/aromatic N) is 3. The average molecular weight is 352 g/mol. The second-order valence-electron chi connectivity index (χ2n) is 5.69. The molecule has 2 heterocycles. The van der Waals surface area contributed by atoms with Gasteiger partial charge in [0.2, 0.25) is 0 Å². The monoisotopic (exact) mass is 352 g/mol. The molecule has 0 radical (unpaired) electrons. The summed E-state index contributed by atoms with van der Waals surface area (Å²) in [5.74, 6) is 0.0864. The van der Waals surface area contributed by atoms with Crippen LogP contribution in [-0.2, 0) is 13.0 Å². The molecule has 2 N–H and O–H groups in total. The Kier molecular flexibility index (Phi) is 4.38. The number of aromatic nitrogens is 2. The Morgan fingerprint density at radius 3 is 2.84 bits per heavy atom. The number of nitriles is 1. The van der Waals surface area contributed by atoms with Gasteiger partial charge in [-0.3, -0.25) is 14.2 Å². The zero-order valence-corrected chi connectivity index (χ0v) is 14.7. The maximum Gasteiger partial charge on any atom is 0.262 e. The van der Waals surface area contributed by atoms with Crippen LogP contribution in [0.2, 0.25) is 0 Å². The molecule has 126 valence electrons. The maximum atomic E-state index is 13.0. The van der Waals surface area contributed by atoms with Crippen LogP contribution in [0.1, 0.15) is 39.1 Å². The minimum Gasteiger partial charge on any atom is -0.365 e. The number of primary amides is 1. The van der Waals surface area contributed by atoms with E-state index in [0.29, 0.717) is 45.0 Å². The molecule has 3 aromatic rings. The van der Waals surface area contributed by atoms with Crippen LogP contribution in [0, 0.1) is 18.3 Å². The van der Waals surface area contributed by atoms with Gasteiger partial charge >= 0.3 is 0 Å². The van der Waals surface area contributed by atoms with Crippen molar-refractivity contribution in [2.75, 3.05) is 0 Å². The number of carbonyl (C=O) groups is 1. The maximum absolute atomic E-state index is 13.0. The molecule has 0 bridgehead atoms. The first kappa shape index (κ1) is 16.9. The van der Waals surface area contributed by atoms with E-state index in [2.05, 4.69) is 11.1 Å². The molecule has 0 aliphatic carbocycles. The summed E-state index contributed by atoms with van der Waals surface area (Å²) in [7, 11) is 0. The van der Waals surface area contributed by atoms with Crippen molar-refractivity contribution >= 4 is 27.5 Å². The first-order valence-electron chi connectivity index (χ1n) is 7.78. The summed E-state index contributed by atoms with van der Waals surface area (Å²) in [6.45, 7) is 3.96. The minimum atomic E-state index is -0.550. The van der Waals surface area contributed by atoms with Crippen LogP contribution in [0.5, 0.6) is 0 Å². The summed E-state index contributed by atoms with van der Waals surface area (Å²) in [6, 6.07) is 9.23. The quantitative estimate of drug-likeness (QED) is 0.778. The third kappa shape index (κ3) is 2.92. The van der Waals surface area contributed by atoms with Gasteiger partial charge in [0.05, 0.1) is 28.4 Å². The number of carbonyl (C=O) groups excluding carboxylic acids is 1. The SMILES string of the molecule is CCc1nc2sc(C(N)=O)c(C)c2c(=O)n1Cc1cccc(C#N)c1. The van der Waals surface area contributed by atoms with E-state index in [1.807, 2.05) is 13.0 Å². The molecule has 1 aromatic carbocycles. The molecule has 0 aliphatic rings. The summed E-state index contributed by atoms with van der Waals surface area (Å²) in [4.78, 5) is 30.1. The van der Waals surface area contributed by atoms with Crippen LogP contribution in [0.15, 0.2) is 29.1 Å². The van der Waals surface area contributed by atoms with Gasteiger partial charge < -0.3 is 5.73 Å². The molecular formula is C18H16N4O2S. The van der Waals surface area contributed by atoms with E-state index in [4.69, 9.17) is 11.0 Å². The normalized spacial score (nSPS) is 10.8. The molecule has 2 aromatic heterocycles. The lowest BCUT2D eigenvalue weighted by Crippen LogP contribution is -2.25. The molecule has 0 aliphatic heterocycles. The Morgan fingerprint density at radius 1 is 1.44 bits per heavy atom. The molecular weight excluding hydrogens is 336 g/mol. The third-order valence-electron chi connectivity index (χ3n) is 4.07. The molecule has 0 saturated carbocycles. The van der Waals surface area contributed by atoms with Gasteiger partial charge in [-0.15, -0.1) is 11.3 Å². The van der Waals surface area contributed by atoms with Gasteiger partial charge in [0, 0.05) is 6.42 Å². The Labute approximate surface area is 148 Å². The molecule has 0 unspecified atom stereocenters. The summed E-state index contributed by atoms with van der Waals surface area (Å²) < 4.78 is 1.60. The molecule has 0 fully saturated rings. The number of aryl methyl sites for hydroxylation is 2. The van der Waals surface area contributed by atoms with Gasteiger partial charge in [0.25, 0.3) is 11.5 Å². The Bertz CT molecular complexity index is 1090. The predicted octanol–water partition coefficient (Wildman–Crippen LogP) is 2.35. The number of amides is 1. The van der Waals surface area contributed by atoms with Crippen LogP contribution >= 0.6 is 11.3 Å². The number of fused-ring (bicyclic) bond motifs is 1. The van der Waals surface area contributed by atoms with Crippen LogP contribution < -0.4 is 11.3 Å². The van der Waals surface area contributed by atoms with Gasteiger partial charge in [-0.2, -0.15) is 5.26 Å². The van der Waals surface area contributed by atoms with E-state index < -0.39 is 5.91 Å². The highest BCUT2D eigenvalue weighted by Crippen LogP contribution is 2.27. The minimum absolute atomic E-state index is 0.189. The highest BCUT2D eigenvalue weighted by molar-refractivity contribution is 7.20. The van der Waals surface area contributed by atoms with Crippen molar-refractivity contribution in [1.29, 1.82) is 5.26 Å². The molecule has 0 spiro atoms. The van der Waals surface area contributed by atoms with Crippen molar-refractivity contribution in [2.24, 2.45) is 5.73 Å². The highest BCUT2D eigenvalue weighted by atomic mass is 32.1. The van der Waals surface area contributed by atoms with E-state index in [1.165, 1.54) is 0 Å². The second kappa shape index (κ2) is 6.49. The largest absolute Gasteiger partial charge is 0.365 e.